The molecule has 30 heavy (non-hydrogen) atoms. The highest BCUT2D eigenvalue weighted by Gasteiger charge is 2.64. The predicted octanol–water partition coefficient (Wildman–Crippen LogP) is 3.57. The van der Waals surface area contributed by atoms with Crippen LogP contribution >= 0.6 is 0 Å². The number of carbonyl (C=O) groups excluding carboxylic acids is 1. The topological polar surface area (TPSA) is 69.6 Å². The van der Waals surface area contributed by atoms with Gasteiger partial charge in [0.05, 0.1) is 6.10 Å². The highest BCUT2D eigenvalue weighted by atomic mass is 16.3. The molecule has 168 valence electrons. The molecule has 4 aliphatic carbocycles. The van der Waals surface area contributed by atoms with E-state index in [9.17, 15) is 15.0 Å². The molecule has 1 saturated heterocycles. The molecular formula is C26H41NO3. The minimum Gasteiger partial charge on any atom is -0.396 e. The quantitative estimate of drug-likeness (QED) is 0.617. The third-order valence-corrected chi connectivity index (χ3v) is 10.7. The van der Waals surface area contributed by atoms with Crippen LogP contribution in [0.1, 0.15) is 65.2 Å². The lowest BCUT2D eigenvalue weighted by molar-refractivity contribution is -0.199. The molecule has 1 heterocycles. The van der Waals surface area contributed by atoms with Crippen molar-refractivity contribution in [2.45, 2.75) is 71.3 Å². The fourth-order valence-corrected chi connectivity index (χ4v) is 8.82. The van der Waals surface area contributed by atoms with Crippen molar-refractivity contribution in [3.05, 3.63) is 12.2 Å². The van der Waals surface area contributed by atoms with Gasteiger partial charge in [0.2, 0.25) is 0 Å². The molecule has 0 aromatic carbocycles. The van der Waals surface area contributed by atoms with Gasteiger partial charge in [-0.25, -0.2) is 0 Å². The number of hydrogen-bond acceptors (Lipinski definition) is 4. The summed E-state index contributed by atoms with van der Waals surface area (Å²) in [5.74, 6) is 2.98. The lowest BCUT2D eigenvalue weighted by atomic mass is 9.42. The van der Waals surface area contributed by atoms with Crippen molar-refractivity contribution in [2.24, 2.45) is 52.3 Å². The van der Waals surface area contributed by atoms with Crippen LogP contribution in [0.15, 0.2) is 12.2 Å². The first kappa shape index (κ1) is 21.2. The van der Waals surface area contributed by atoms with Crippen molar-refractivity contribution in [1.29, 1.82) is 0 Å². The Morgan fingerprint density at radius 2 is 1.83 bits per heavy atom. The predicted molar refractivity (Wildman–Crippen MR) is 118 cm³/mol. The molecule has 0 aromatic heterocycles. The molecule has 5 aliphatic rings. The lowest BCUT2D eigenvalue weighted by Crippen LogP contribution is -2.62. The summed E-state index contributed by atoms with van der Waals surface area (Å²) in [6.45, 7) is 6.93. The Labute approximate surface area is 181 Å². The number of rotatable bonds is 3. The Bertz CT molecular complexity index is 700. The number of fused-ring (bicyclic) bond motifs is 5. The van der Waals surface area contributed by atoms with Crippen molar-refractivity contribution >= 4 is 5.78 Å². The highest BCUT2D eigenvalue weighted by molar-refractivity contribution is 5.87. The van der Waals surface area contributed by atoms with E-state index in [1.165, 1.54) is 19.3 Å². The molecule has 1 aliphatic heterocycles. The van der Waals surface area contributed by atoms with Gasteiger partial charge >= 0.3 is 0 Å². The second-order valence-electron chi connectivity index (χ2n) is 11.8. The molecule has 5 fully saturated rings. The number of Topliss-reactive ketones (excluding diaryl/α,β-unsaturated/α-hetero) is 1. The Kier molecular flexibility index (Phi) is 5.43. The molecule has 4 heteroatoms. The Balaban J connectivity index is 1.40. The number of aliphatic hydroxyl groups is 2. The molecule has 0 spiro atoms. The maximum atomic E-state index is 12.7. The SMILES string of the molecule is C[C@]12CC[C@@H](/C=C\[C@@H]3CCNC3)CC1[C@@H](CO)[C@@H](O)[C@@H]1[C@@H]2CC[C@]2(C)C(=O)CC[C@@H]12. The highest BCUT2D eigenvalue weighted by Crippen LogP contribution is 2.67. The van der Waals surface area contributed by atoms with E-state index in [1.807, 2.05) is 0 Å². The van der Waals surface area contributed by atoms with E-state index < -0.39 is 6.10 Å². The molecule has 0 radical (unpaired) electrons. The smallest absolute Gasteiger partial charge is 0.139 e. The minimum absolute atomic E-state index is 0.0429. The first-order valence-corrected chi connectivity index (χ1v) is 12.6. The van der Waals surface area contributed by atoms with Crippen molar-refractivity contribution in [3.63, 3.8) is 0 Å². The fraction of sp³-hybridized carbons (Fsp3) is 0.885. The van der Waals surface area contributed by atoms with Crippen LogP contribution in [0, 0.1) is 52.3 Å². The second-order valence-corrected chi connectivity index (χ2v) is 11.8. The van der Waals surface area contributed by atoms with Crippen LogP contribution in [-0.2, 0) is 4.79 Å². The first-order chi connectivity index (χ1) is 14.4. The fourth-order valence-electron chi connectivity index (χ4n) is 8.82. The van der Waals surface area contributed by atoms with E-state index in [1.54, 1.807) is 0 Å². The molecule has 4 nitrogen and oxygen atoms in total. The number of aliphatic hydroxyl groups excluding tert-OH is 2. The van der Waals surface area contributed by atoms with Crippen LogP contribution in [0.2, 0.25) is 0 Å². The number of hydrogen-bond donors (Lipinski definition) is 3. The molecule has 0 bridgehead atoms. The van der Waals surface area contributed by atoms with Gasteiger partial charge < -0.3 is 15.5 Å². The summed E-state index contributed by atoms with van der Waals surface area (Å²) in [5, 5.41) is 25.4. The summed E-state index contributed by atoms with van der Waals surface area (Å²) in [6, 6.07) is 0. The molecule has 3 N–H and O–H groups in total. The van der Waals surface area contributed by atoms with Gasteiger partial charge in [0, 0.05) is 30.9 Å². The third kappa shape index (κ3) is 3.08. The van der Waals surface area contributed by atoms with Crippen LogP contribution in [0.25, 0.3) is 0 Å². The van der Waals surface area contributed by atoms with Crippen LogP contribution in [0.4, 0.5) is 0 Å². The van der Waals surface area contributed by atoms with E-state index in [2.05, 4.69) is 31.3 Å². The summed E-state index contributed by atoms with van der Waals surface area (Å²) < 4.78 is 0. The maximum absolute atomic E-state index is 12.7. The number of carbonyl (C=O) groups is 1. The third-order valence-electron chi connectivity index (χ3n) is 10.7. The number of allylic oxidation sites excluding steroid dienone is 1. The van der Waals surface area contributed by atoms with Crippen molar-refractivity contribution < 1.29 is 15.0 Å². The monoisotopic (exact) mass is 415 g/mol. The minimum atomic E-state index is -0.463. The van der Waals surface area contributed by atoms with Gasteiger partial charge in [0.15, 0.2) is 0 Å². The van der Waals surface area contributed by atoms with Gasteiger partial charge in [-0.1, -0.05) is 26.0 Å². The maximum Gasteiger partial charge on any atom is 0.139 e. The summed E-state index contributed by atoms with van der Waals surface area (Å²) in [4.78, 5) is 12.7. The Hall–Kier alpha value is -0.710. The summed E-state index contributed by atoms with van der Waals surface area (Å²) >= 11 is 0. The van der Waals surface area contributed by atoms with E-state index in [0.29, 0.717) is 41.8 Å². The van der Waals surface area contributed by atoms with E-state index in [0.717, 1.165) is 38.8 Å². The molecule has 0 amide bonds. The zero-order valence-electron chi connectivity index (χ0n) is 18.9. The van der Waals surface area contributed by atoms with Crippen molar-refractivity contribution in [3.8, 4) is 0 Å². The largest absolute Gasteiger partial charge is 0.396 e. The number of nitrogens with one attached hydrogen (secondary N) is 1. The van der Waals surface area contributed by atoms with Crippen LogP contribution in [0.3, 0.4) is 0 Å². The average Bonchev–Trinajstić information content (AvgIpc) is 3.36. The van der Waals surface area contributed by atoms with Gasteiger partial charge in [-0.3, -0.25) is 4.79 Å². The van der Waals surface area contributed by atoms with Gasteiger partial charge in [0.25, 0.3) is 0 Å². The van der Waals surface area contributed by atoms with Crippen LogP contribution in [0.5, 0.6) is 0 Å². The average molecular weight is 416 g/mol. The number of ketones is 1. The molecule has 4 saturated carbocycles. The second kappa shape index (κ2) is 7.71. The van der Waals surface area contributed by atoms with E-state index in [-0.39, 0.29) is 29.3 Å². The van der Waals surface area contributed by atoms with Crippen LogP contribution in [-0.4, -0.2) is 41.8 Å². The Morgan fingerprint density at radius 3 is 2.57 bits per heavy atom. The van der Waals surface area contributed by atoms with Crippen molar-refractivity contribution in [2.75, 3.05) is 19.7 Å². The van der Waals surface area contributed by atoms with Gasteiger partial charge in [0.1, 0.15) is 5.78 Å². The Morgan fingerprint density at radius 1 is 1.03 bits per heavy atom. The zero-order chi connectivity index (χ0) is 21.1. The normalized spacial score (nSPS) is 53.5. The summed E-state index contributed by atoms with van der Waals surface area (Å²) in [5.41, 5.74) is -0.0515. The first-order valence-electron chi connectivity index (χ1n) is 12.6. The van der Waals surface area contributed by atoms with Crippen molar-refractivity contribution in [1.82, 2.24) is 5.32 Å². The van der Waals surface area contributed by atoms with Gasteiger partial charge in [-0.2, -0.15) is 0 Å². The standard InChI is InChI=1S/C26H41NO3/c1-25-10-7-16(3-4-17-9-12-27-14-17)13-21(25)18(15-28)24(30)23-19-5-6-22(29)26(19,2)11-8-20(23)25/h3-4,16-21,23-24,27-28,30H,5-15H2,1-2H3/b4-3-/t16-,17-,18-,19+,20+,21?,23+,24-,25-,26+/m1/s1. The van der Waals surface area contributed by atoms with E-state index >= 15 is 0 Å². The molecule has 1 unspecified atom stereocenters. The zero-order valence-corrected chi connectivity index (χ0v) is 18.9. The van der Waals surface area contributed by atoms with Gasteiger partial charge in [-0.15, -0.1) is 0 Å². The van der Waals surface area contributed by atoms with E-state index in [4.69, 9.17) is 0 Å². The summed E-state index contributed by atoms with van der Waals surface area (Å²) in [7, 11) is 0. The molecule has 5 rings (SSSR count). The van der Waals surface area contributed by atoms with Crippen LogP contribution < -0.4 is 5.32 Å². The molecule has 0 aromatic rings. The lowest BCUT2D eigenvalue weighted by Gasteiger charge is -2.63. The summed E-state index contributed by atoms with van der Waals surface area (Å²) in [6.07, 6.45) is 12.9. The van der Waals surface area contributed by atoms with Gasteiger partial charge in [-0.05, 0) is 92.4 Å². The molecule has 10 atom stereocenters. The molecular weight excluding hydrogens is 374 g/mol.